The fraction of sp³-hybridized carbons (Fsp3) is 0.118. The zero-order chi connectivity index (χ0) is 16.7. The van der Waals surface area contributed by atoms with Crippen LogP contribution in [0.15, 0.2) is 42.5 Å². The van der Waals surface area contributed by atoms with E-state index in [1.807, 2.05) is 42.5 Å². The van der Waals surface area contributed by atoms with Crippen LogP contribution >= 0.6 is 0 Å². The molecule has 0 saturated heterocycles. The molecule has 0 unspecified atom stereocenters. The highest BCUT2D eigenvalue weighted by molar-refractivity contribution is 5.93. The summed E-state index contributed by atoms with van der Waals surface area (Å²) in [6.07, 6.45) is 0. The van der Waals surface area contributed by atoms with Gasteiger partial charge < -0.3 is 15.2 Å². The first-order valence-corrected chi connectivity index (χ1v) is 7.34. The maximum atomic E-state index is 5.81. The summed E-state index contributed by atoms with van der Waals surface area (Å²) in [6, 6.07) is 13.3. The Morgan fingerprint density at radius 2 is 1.75 bits per heavy atom. The Bertz CT molecular complexity index is 1060. The third kappa shape index (κ3) is 2.10. The number of anilines is 1. The molecule has 0 aliphatic carbocycles. The third-order valence-electron chi connectivity index (χ3n) is 3.84. The molecule has 0 fully saturated rings. The average molecular weight is 321 g/mol. The van der Waals surface area contributed by atoms with Crippen molar-refractivity contribution in [2.45, 2.75) is 0 Å². The monoisotopic (exact) mass is 321 g/mol. The van der Waals surface area contributed by atoms with Crippen molar-refractivity contribution in [2.24, 2.45) is 0 Å². The van der Waals surface area contributed by atoms with E-state index < -0.39 is 0 Å². The molecule has 4 rings (SSSR count). The van der Waals surface area contributed by atoms with E-state index in [0.717, 1.165) is 16.5 Å². The number of ether oxygens (including phenoxy) is 2. The highest BCUT2D eigenvalue weighted by Gasteiger charge is 2.15. The highest BCUT2D eigenvalue weighted by Crippen LogP contribution is 2.32. The van der Waals surface area contributed by atoms with Crippen molar-refractivity contribution in [3.05, 3.63) is 42.5 Å². The van der Waals surface area contributed by atoms with E-state index in [1.165, 1.54) is 0 Å². The molecule has 0 atom stereocenters. The standard InChI is InChI=1S/C17H15N5O2/c1-23-13-8-7-10(9-14(13)24-2)15-19-12-6-4-3-5-11(12)16-20-17(18)21-22(15)16/h3-9H,1-2H3,(H2,18,21). The lowest BCUT2D eigenvalue weighted by molar-refractivity contribution is 0.355. The SMILES string of the molecule is COc1ccc(-c2nc3ccccc3c3nc(N)nn23)cc1OC. The van der Waals surface area contributed by atoms with E-state index in [2.05, 4.69) is 10.1 Å². The first-order chi connectivity index (χ1) is 11.7. The summed E-state index contributed by atoms with van der Waals surface area (Å²) in [5.41, 5.74) is 8.13. The molecule has 2 aromatic carbocycles. The van der Waals surface area contributed by atoms with Crippen LogP contribution in [-0.4, -0.2) is 33.8 Å². The van der Waals surface area contributed by atoms with Crippen LogP contribution in [-0.2, 0) is 0 Å². The normalized spacial score (nSPS) is 11.1. The Kier molecular flexibility index (Phi) is 3.19. The summed E-state index contributed by atoms with van der Waals surface area (Å²) in [4.78, 5) is 9.06. The minimum absolute atomic E-state index is 0.204. The van der Waals surface area contributed by atoms with Gasteiger partial charge in [-0.15, -0.1) is 5.10 Å². The largest absolute Gasteiger partial charge is 0.493 e. The summed E-state index contributed by atoms with van der Waals surface area (Å²) < 4.78 is 12.3. The lowest BCUT2D eigenvalue weighted by Crippen LogP contribution is -2.00. The number of aromatic nitrogens is 4. The number of nitrogen functional groups attached to an aromatic ring is 1. The molecule has 0 bridgehead atoms. The Labute approximate surface area is 137 Å². The minimum Gasteiger partial charge on any atom is -0.493 e. The van der Waals surface area contributed by atoms with Crippen LogP contribution in [0.25, 0.3) is 27.9 Å². The molecule has 4 aromatic rings. The molecule has 0 amide bonds. The molecule has 0 spiro atoms. The number of hydrogen-bond donors (Lipinski definition) is 1. The van der Waals surface area contributed by atoms with Crippen molar-refractivity contribution < 1.29 is 9.47 Å². The van der Waals surface area contributed by atoms with Gasteiger partial charge in [0, 0.05) is 10.9 Å². The van der Waals surface area contributed by atoms with Gasteiger partial charge in [0.15, 0.2) is 23.0 Å². The lowest BCUT2D eigenvalue weighted by Gasteiger charge is -2.10. The number of para-hydroxylation sites is 1. The van der Waals surface area contributed by atoms with Crippen molar-refractivity contribution in [2.75, 3.05) is 20.0 Å². The molecule has 0 saturated carbocycles. The van der Waals surface area contributed by atoms with Crippen molar-refractivity contribution >= 4 is 22.5 Å². The zero-order valence-corrected chi connectivity index (χ0v) is 13.2. The smallest absolute Gasteiger partial charge is 0.240 e. The van der Waals surface area contributed by atoms with E-state index in [9.17, 15) is 0 Å². The van der Waals surface area contributed by atoms with Gasteiger partial charge in [-0.25, -0.2) is 4.98 Å². The molecule has 24 heavy (non-hydrogen) atoms. The highest BCUT2D eigenvalue weighted by atomic mass is 16.5. The third-order valence-corrected chi connectivity index (χ3v) is 3.84. The molecule has 2 aromatic heterocycles. The van der Waals surface area contributed by atoms with Crippen molar-refractivity contribution in [1.29, 1.82) is 0 Å². The van der Waals surface area contributed by atoms with Crippen LogP contribution in [0.3, 0.4) is 0 Å². The summed E-state index contributed by atoms with van der Waals surface area (Å²) in [5, 5.41) is 5.18. The maximum Gasteiger partial charge on any atom is 0.240 e. The second-order valence-corrected chi connectivity index (χ2v) is 5.23. The number of nitrogens with two attached hydrogens (primary N) is 1. The van der Waals surface area contributed by atoms with E-state index in [1.54, 1.807) is 18.7 Å². The van der Waals surface area contributed by atoms with Crippen LogP contribution in [0.2, 0.25) is 0 Å². The fourth-order valence-corrected chi connectivity index (χ4v) is 2.73. The van der Waals surface area contributed by atoms with E-state index >= 15 is 0 Å². The number of rotatable bonds is 3. The van der Waals surface area contributed by atoms with Gasteiger partial charge in [0.1, 0.15) is 0 Å². The Morgan fingerprint density at radius 3 is 2.54 bits per heavy atom. The molecule has 0 aliphatic rings. The molecule has 0 aliphatic heterocycles. The summed E-state index contributed by atoms with van der Waals surface area (Å²) in [7, 11) is 3.20. The number of fused-ring (bicyclic) bond motifs is 3. The molecule has 0 radical (unpaired) electrons. The van der Waals surface area contributed by atoms with Gasteiger partial charge in [0.05, 0.1) is 19.7 Å². The Balaban J connectivity index is 2.05. The topological polar surface area (TPSA) is 87.6 Å². The second-order valence-electron chi connectivity index (χ2n) is 5.23. The number of methoxy groups -OCH3 is 2. The lowest BCUT2D eigenvalue weighted by atomic mass is 10.1. The molecule has 7 heteroatoms. The van der Waals surface area contributed by atoms with Gasteiger partial charge in [-0.05, 0) is 30.3 Å². The predicted octanol–water partition coefficient (Wildman–Crippen LogP) is 2.54. The number of benzene rings is 2. The van der Waals surface area contributed by atoms with E-state index in [4.69, 9.17) is 20.2 Å². The van der Waals surface area contributed by atoms with Crippen LogP contribution in [0.5, 0.6) is 11.5 Å². The quantitative estimate of drug-likeness (QED) is 0.624. The van der Waals surface area contributed by atoms with Crippen molar-refractivity contribution in [3.63, 3.8) is 0 Å². The molecular formula is C17H15N5O2. The van der Waals surface area contributed by atoms with Gasteiger partial charge in [-0.2, -0.15) is 9.50 Å². The second kappa shape index (κ2) is 5.38. The first kappa shape index (κ1) is 14.3. The van der Waals surface area contributed by atoms with Crippen LogP contribution < -0.4 is 15.2 Å². The van der Waals surface area contributed by atoms with Crippen LogP contribution in [0.4, 0.5) is 5.95 Å². The Morgan fingerprint density at radius 1 is 0.958 bits per heavy atom. The van der Waals surface area contributed by atoms with Gasteiger partial charge in [0.25, 0.3) is 0 Å². The molecular weight excluding hydrogens is 306 g/mol. The van der Waals surface area contributed by atoms with Crippen molar-refractivity contribution in [3.8, 4) is 22.9 Å². The van der Waals surface area contributed by atoms with Gasteiger partial charge >= 0.3 is 0 Å². The zero-order valence-electron chi connectivity index (χ0n) is 13.2. The van der Waals surface area contributed by atoms with Gasteiger partial charge in [-0.3, -0.25) is 0 Å². The van der Waals surface area contributed by atoms with Gasteiger partial charge in [-0.1, -0.05) is 12.1 Å². The average Bonchev–Trinajstić information content (AvgIpc) is 3.02. The van der Waals surface area contributed by atoms with Crippen molar-refractivity contribution in [1.82, 2.24) is 19.6 Å². The molecule has 2 heterocycles. The number of hydrogen-bond acceptors (Lipinski definition) is 6. The van der Waals surface area contributed by atoms with Gasteiger partial charge in [0.2, 0.25) is 5.95 Å². The Hall–Kier alpha value is -3.35. The van der Waals surface area contributed by atoms with Crippen LogP contribution in [0, 0.1) is 0 Å². The van der Waals surface area contributed by atoms with E-state index in [0.29, 0.717) is 23.0 Å². The van der Waals surface area contributed by atoms with E-state index in [-0.39, 0.29) is 5.95 Å². The maximum absolute atomic E-state index is 5.81. The first-order valence-electron chi connectivity index (χ1n) is 7.34. The summed E-state index contributed by atoms with van der Waals surface area (Å²) in [5.74, 6) is 2.10. The fourth-order valence-electron chi connectivity index (χ4n) is 2.73. The molecule has 120 valence electrons. The summed E-state index contributed by atoms with van der Waals surface area (Å²) >= 11 is 0. The number of nitrogens with zero attached hydrogens (tertiary/aromatic N) is 4. The minimum atomic E-state index is 0.204. The molecule has 7 nitrogen and oxygen atoms in total. The molecule has 2 N–H and O–H groups in total. The summed E-state index contributed by atoms with van der Waals surface area (Å²) in [6.45, 7) is 0. The predicted molar refractivity (Wildman–Crippen MR) is 91.2 cm³/mol. The van der Waals surface area contributed by atoms with Crippen LogP contribution in [0.1, 0.15) is 0 Å².